The molecule has 1 N–H and O–H groups in total. The molecule has 0 bridgehead atoms. The van der Waals surface area contributed by atoms with Gasteiger partial charge in [0.1, 0.15) is 0 Å². The van der Waals surface area contributed by atoms with Crippen LogP contribution in [0.1, 0.15) is 46.0 Å². The number of rotatable bonds is 7. The van der Waals surface area contributed by atoms with Crippen molar-refractivity contribution in [3.63, 3.8) is 0 Å². The van der Waals surface area contributed by atoms with Crippen molar-refractivity contribution in [2.75, 3.05) is 26.7 Å². The molecule has 1 aliphatic rings. The van der Waals surface area contributed by atoms with Crippen LogP contribution in [0.2, 0.25) is 0 Å². The van der Waals surface area contributed by atoms with Gasteiger partial charge >= 0.3 is 5.97 Å². The topological polar surface area (TPSA) is 82.7 Å². The number of H-pyrrole nitrogens is 1. The highest BCUT2D eigenvalue weighted by molar-refractivity contribution is 6.45. The van der Waals surface area contributed by atoms with Gasteiger partial charge in [0.2, 0.25) is 0 Å². The highest BCUT2D eigenvalue weighted by Crippen LogP contribution is 2.27. The number of nitrogens with one attached hydrogen (secondary N) is 1. The van der Waals surface area contributed by atoms with Gasteiger partial charge in [0, 0.05) is 43.0 Å². The third kappa shape index (κ3) is 4.33. The molecule has 0 aliphatic carbocycles. The number of hydrogen-bond donors (Lipinski definition) is 1. The van der Waals surface area contributed by atoms with Gasteiger partial charge in [0.25, 0.3) is 11.7 Å². The van der Waals surface area contributed by atoms with E-state index in [4.69, 9.17) is 4.74 Å². The van der Waals surface area contributed by atoms with Crippen molar-refractivity contribution >= 4 is 34.3 Å². The Balaban J connectivity index is 1.54. The predicted molar refractivity (Wildman–Crippen MR) is 131 cm³/mol. The first-order valence-corrected chi connectivity index (χ1v) is 11.5. The molecule has 34 heavy (non-hydrogen) atoms. The molecule has 4 rings (SSSR count). The standard InChI is InChI=1S/C27H29N3O4/c1-4-9-20-17-29(14-15-30(20)18(2)19-10-6-5-7-11-19)26(32)25(31)23-16-28-24-21(23)12-8-13-22(24)27(33)34-3/h5-8,10-13,16,20,28H,2,4,9,14-15,17H2,1,3H3. The molecule has 1 amide bonds. The molecule has 0 spiro atoms. The number of hydrogen-bond acceptors (Lipinski definition) is 5. The van der Waals surface area contributed by atoms with E-state index in [1.165, 1.54) is 13.3 Å². The van der Waals surface area contributed by atoms with Crippen LogP contribution in [0.3, 0.4) is 0 Å². The molecule has 0 saturated carbocycles. The maximum absolute atomic E-state index is 13.2. The molecule has 1 aliphatic heterocycles. The van der Waals surface area contributed by atoms with Gasteiger partial charge < -0.3 is 19.5 Å². The van der Waals surface area contributed by atoms with Crippen LogP contribution in [0.15, 0.2) is 61.3 Å². The predicted octanol–water partition coefficient (Wildman–Crippen LogP) is 4.12. The van der Waals surface area contributed by atoms with Crippen LogP contribution in [0.25, 0.3) is 16.6 Å². The number of carbonyl (C=O) groups excluding carboxylic acids is 3. The minimum absolute atomic E-state index is 0.0807. The van der Waals surface area contributed by atoms with Gasteiger partial charge in [-0.25, -0.2) is 4.79 Å². The van der Waals surface area contributed by atoms with Gasteiger partial charge in [-0.3, -0.25) is 9.59 Å². The van der Waals surface area contributed by atoms with E-state index in [2.05, 4.69) is 23.4 Å². The summed E-state index contributed by atoms with van der Waals surface area (Å²) in [6, 6.07) is 15.1. The maximum Gasteiger partial charge on any atom is 0.339 e. The molecule has 1 atom stereocenters. The fraction of sp³-hybridized carbons (Fsp3) is 0.296. The number of para-hydroxylation sites is 1. The van der Waals surface area contributed by atoms with E-state index in [1.807, 2.05) is 30.3 Å². The Morgan fingerprint density at radius 2 is 1.82 bits per heavy atom. The molecular weight excluding hydrogens is 430 g/mol. The minimum atomic E-state index is -0.584. The molecule has 2 heterocycles. The number of nitrogens with zero attached hydrogens (tertiary/aromatic N) is 2. The zero-order chi connectivity index (χ0) is 24.2. The summed E-state index contributed by atoms with van der Waals surface area (Å²) < 4.78 is 4.82. The number of ether oxygens (including phenoxy) is 1. The highest BCUT2D eigenvalue weighted by atomic mass is 16.5. The first-order chi connectivity index (χ1) is 16.5. The summed E-state index contributed by atoms with van der Waals surface area (Å²) in [5, 5.41) is 0.530. The quantitative estimate of drug-likeness (QED) is 0.327. The van der Waals surface area contributed by atoms with Gasteiger partial charge in [-0.15, -0.1) is 0 Å². The zero-order valence-corrected chi connectivity index (χ0v) is 19.5. The van der Waals surface area contributed by atoms with Crippen LogP contribution in [0, 0.1) is 0 Å². The Kier molecular flexibility index (Phi) is 6.82. The Labute approximate surface area is 199 Å². The highest BCUT2D eigenvalue weighted by Gasteiger charge is 2.33. The summed E-state index contributed by atoms with van der Waals surface area (Å²) in [5.74, 6) is -1.62. The van der Waals surface area contributed by atoms with Crippen LogP contribution >= 0.6 is 0 Å². The van der Waals surface area contributed by atoms with E-state index >= 15 is 0 Å². The number of ketones is 1. The van der Waals surface area contributed by atoms with Crippen molar-refractivity contribution < 1.29 is 19.1 Å². The SMILES string of the molecule is C=C(c1ccccc1)N1CCN(C(=O)C(=O)c2c[nH]c3c(C(=O)OC)cccc23)CC1CCC. The molecule has 7 heteroatoms. The van der Waals surface area contributed by atoms with Crippen molar-refractivity contribution in [3.05, 3.63) is 78.0 Å². The molecular formula is C27H29N3O4. The first-order valence-electron chi connectivity index (χ1n) is 11.5. The van der Waals surface area contributed by atoms with Gasteiger partial charge in [0.15, 0.2) is 0 Å². The number of benzene rings is 2. The van der Waals surface area contributed by atoms with Crippen LogP contribution < -0.4 is 0 Å². The summed E-state index contributed by atoms with van der Waals surface area (Å²) in [5.41, 5.74) is 3.05. The third-order valence-electron chi connectivity index (χ3n) is 6.41. The van der Waals surface area contributed by atoms with Crippen molar-refractivity contribution in [2.24, 2.45) is 0 Å². The normalized spacial score (nSPS) is 15.9. The number of Topliss-reactive ketones (excluding diaryl/α,β-unsaturated/α-hetero) is 1. The fourth-order valence-corrected chi connectivity index (χ4v) is 4.65. The van der Waals surface area contributed by atoms with Crippen molar-refractivity contribution in [2.45, 2.75) is 25.8 Å². The molecule has 1 fully saturated rings. The summed E-state index contributed by atoms with van der Waals surface area (Å²) >= 11 is 0. The number of esters is 1. The van der Waals surface area contributed by atoms with Crippen LogP contribution in [-0.4, -0.2) is 65.2 Å². The maximum atomic E-state index is 13.2. The number of fused-ring (bicyclic) bond motifs is 1. The van der Waals surface area contributed by atoms with Gasteiger partial charge in [0.05, 0.1) is 23.8 Å². The molecule has 0 radical (unpaired) electrons. The molecule has 1 saturated heterocycles. The number of aromatic amines is 1. The number of piperazine rings is 1. The number of amides is 1. The number of aromatic nitrogens is 1. The average molecular weight is 460 g/mol. The second-order valence-corrected chi connectivity index (χ2v) is 8.45. The van der Waals surface area contributed by atoms with Crippen molar-refractivity contribution in [1.82, 2.24) is 14.8 Å². The fourth-order valence-electron chi connectivity index (χ4n) is 4.65. The van der Waals surface area contributed by atoms with E-state index < -0.39 is 17.7 Å². The molecule has 2 aromatic carbocycles. The monoisotopic (exact) mass is 459 g/mol. The van der Waals surface area contributed by atoms with Gasteiger partial charge in [-0.05, 0) is 18.1 Å². The lowest BCUT2D eigenvalue weighted by atomic mass is 10.0. The zero-order valence-electron chi connectivity index (χ0n) is 19.5. The first kappa shape index (κ1) is 23.3. The molecule has 3 aromatic rings. The van der Waals surface area contributed by atoms with E-state index in [0.717, 1.165) is 24.1 Å². The average Bonchev–Trinajstić information content (AvgIpc) is 3.32. The van der Waals surface area contributed by atoms with E-state index in [9.17, 15) is 14.4 Å². The summed E-state index contributed by atoms with van der Waals surface area (Å²) in [6.07, 6.45) is 3.34. The second-order valence-electron chi connectivity index (χ2n) is 8.45. The lowest BCUT2D eigenvalue weighted by Gasteiger charge is -2.43. The smallest absolute Gasteiger partial charge is 0.339 e. The van der Waals surface area contributed by atoms with Crippen LogP contribution in [-0.2, 0) is 9.53 Å². The summed E-state index contributed by atoms with van der Waals surface area (Å²) in [4.78, 5) is 45.4. The Hall–Kier alpha value is -3.87. The molecule has 1 aromatic heterocycles. The largest absolute Gasteiger partial charge is 0.465 e. The molecule has 7 nitrogen and oxygen atoms in total. The number of carbonyl (C=O) groups is 3. The van der Waals surface area contributed by atoms with E-state index in [-0.39, 0.29) is 11.6 Å². The Morgan fingerprint density at radius 3 is 2.53 bits per heavy atom. The molecule has 176 valence electrons. The molecule has 1 unspecified atom stereocenters. The summed E-state index contributed by atoms with van der Waals surface area (Å²) in [7, 11) is 1.30. The Morgan fingerprint density at radius 1 is 1.06 bits per heavy atom. The van der Waals surface area contributed by atoms with Crippen LogP contribution in [0.5, 0.6) is 0 Å². The van der Waals surface area contributed by atoms with Gasteiger partial charge in [-0.1, -0.05) is 62.4 Å². The third-order valence-corrected chi connectivity index (χ3v) is 6.41. The lowest BCUT2D eigenvalue weighted by molar-refractivity contribution is -0.128. The van der Waals surface area contributed by atoms with E-state index in [0.29, 0.717) is 36.1 Å². The van der Waals surface area contributed by atoms with Crippen molar-refractivity contribution in [1.29, 1.82) is 0 Å². The second kappa shape index (κ2) is 9.95. The number of methoxy groups -OCH3 is 1. The van der Waals surface area contributed by atoms with E-state index in [1.54, 1.807) is 23.1 Å². The van der Waals surface area contributed by atoms with Gasteiger partial charge in [-0.2, -0.15) is 0 Å². The minimum Gasteiger partial charge on any atom is -0.465 e. The summed E-state index contributed by atoms with van der Waals surface area (Å²) in [6.45, 7) is 7.92. The lowest BCUT2D eigenvalue weighted by Crippen LogP contribution is -2.55. The van der Waals surface area contributed by atoms with Crippen molar-refractivity contribution in [3.8, 4) is 0 Å². The Bertz CT molecular complexity index is 1230. The van der Waals surface area contributed by atoms with Crippen LogP contribution in [0.4, 0.5) is 0 Å².